The summed E-state index contributed by atoms with van der Waals surface area (Å²) in [4.78, 5) is 4.44. The molecular formula is C25H23ClN3OP. The van der Waals surface area contributed by atoms with E-state index in [9.17, 15) is 4.57 Å². The summed E-state index contributed by atoms with van der Waals surface area (Å²) in [6.07, 6.45) is 1.71. The molecule has 0 saturated heterocycles. The van der Waals surface area contributed by atoms with Crippen molar-refractivity contribution in [3.63, 3.8) is 0 Å². The van der Waals surface area contributed by atoms with Crippen LogP contribution in [0.3, 0.4) is 0 Å². The second-order valence-electron chi connectivity index (χ2n) is 7.22. The molecule has 156 valence electrons. The number of halogens is 1. The number of hydrogen-bond acceptors (Lipinski definition) is 3. The van der Waals surface area contributed by atoms with Gasteiger partial charge in [-0.15, -0.1) is 0 Å². The molecule has 0 saturated carbocycles. The SMILES string of the molecule is N[C@@H](c1ccccn1)[C@@H](NP(=O)(c1ccccc1)c1ccccc1)c1ccc(Cl)cc1. The van der Waals surface area contributed by atoms with Crippen molar-refractivity contribution in [2.24, 2.45) is 5.73 Å². The number of nitrogens with two attached hydrogens (primary N) is 1. The van der Waals surface area contributed by atoms with E-state index in [2.05, 4.69) is 10.1 Å². The van der Waals surface area contributed by atoms with Crippen LogP contribution in [-0.4, -0.2) is 4.98 Å². The molecule has 3 aromatic carbocycles. The summed E-state index contributed by atoms with van der Waals surface area (Å²) in [5.41, 5.74) is 8.29. The average Bonchev–Trinajstić information content (AvgIpc) is 2.84. The van der Waals surface area contributed by atoms with E-state index in [-0.39, 0.29) is 0 Å². The molecular weight excluding hydrogens is 425 g/mol. The molecule has 3 N–H and O–H groups in total. The fraction of sp³-hybridized carbons (Fsp3) is 0.0800. The second kappa shape index (κ2) is 9.59. The van der Waals surface area contributed by atoms with Crippen LogP contribution in [0.5, 0.6) is 0 Å². The fourth-order valence-corrected chi connectivity index (χ4v) is 6.15. The first-order chi connectivity index (χ1) is 15.1. The minimum atomic E-state index is -3.22. The van der Waals surface area contributed by atoms with E-state index < -0.39 is 19.4 Å². The second-order valence-corrected chi connectivity index (χ2v) is 10.2. The average molecular weight is 448 g/mol. The van der Waals surface area contributed by atoms with Crippen LogP contribution < -0.4 is 21.4 Å². The third-order valence-electron chi connectivity index (χ3n) is 5.18. The molecule has 4 aromatic rings. The zero-order chi connectivity index (χ0) is 21.7. The highest BCUT2D eigenvalue weighted by molar-refractivity contribution is 7.76. The molecule has 6 heteroatoms. The molecule has 1 aromatic heterocycles. The summed E-state index contributed by atoms with van der Waals surface area (Å²) in [5.74, 6) is 0. The van der Waals surface area contributed by atoms with Gasteiger partial charge in [0.2, 0.25) is 7.29 Å². The van der Waals surface area contributed by atoms with Gasteiger partial charge in [-0.1, -0.05) is 66.2 Å². The number of pyridine rings is 1. The van der Waals surface area contributed by atoms with Gasteiger partial charge >= 0.3 is 0 Å². The van der Waals surface area contributed by atoms with Crippen LogP contribution in [0.15, 0.2) is 109 Å². The summed E-state index contributed by atoms with van der Waals surface area (Å²) in [6.45, 7) is 0. The van der Waals surface area contributed by atoms with Crippen LogP contribution in [0.4, 0.5) is 0 Å². The van der Waals surface area contributed by atoms with Gasteiger partial charge < -0.3 is 5.73 Å². The van der Waals surface area contributed by atoms with Crippen LogP contribution in [0.2, 0.25) is 5.02 Å². The Kier molecular flexibility index (Phi) is 6.64. The number of nitrogens with zero attached hydrogens (tertiary/aromatic N) is 1. The smallest absolute Gasteiger partial charge is 0.205 e. The zero-order valence-corrected chi connectivity index (χ0v) is 18.5. The van der Waals surface area contributed by atoms with E-state index in [1.165, 1.54) is 0 Å². The van der Waals surface area contributed by atoms with Crippen molar-refractivity contribution in [3.8, 4) is 0 Å². The Morgan fingerprint density at radius 3 is 1.84 bits per heavy atom. The maximum absolute atomic E-state index is 14.6. The topological polar surface area (TPSA) is 68.0 Å². The van der Waals surface area contributed by atoms with E-state index in [1.807, 2.05) is 103 Å². The molecule has 0 aliphatic rings. The monoisotopic (exact) mass is 447 g/mol. The highest BCUT2D eigenvalue weighted by Gasteiger charge is 2.34. The maximum atomic E-state index is 14.6. The molecule has 0 aliphatic carbocycles. The molecule has 2 atom stereocenters. The van der Waals surface area contributed by atoms with Gasteiger partial charge in [-0.2, -0.15) is 0 Å². The van der Waals surface area contributed by atoms with Crippen LogP contribution >= 0.6 is 18.9 Å². The first kappa shape index (κ1) is 21.5. The van der Waals surface area contributed by atoms with E-state index in [4.69, 9.17) is 17.3 Å². The molecule has 4 nitrogen and oxygen atoms in total. The maximum Gasteiger partial charge on any atom is 0.205 e. The summed E-state index contributed by atoms with van der Waals surface area (Å²) < 4.78 is 14.6. The van der Waals surface area contributed by atoms with Gasteiger partial charge in [0.25, 0.3) is 0 Å². The standard InChI is InChI=1S/C25H23ClN3OP/c26-20-16-14-19(15-17-20)25(24(27)23-13-7-8-18-28-23)29-31(30,21-9-3-1-4-10-21)22-11-5-2-6-12-22/h1-18,24-25H,27H2,(H,29,30)/t24-,25-/m0/s1. The number of benzene rings is 3. The minimum absolute atomic E-state index is 0.460. The lowest BCUT2D eigenvalue weighted by molar-refractivity contribution is 0.503. The van der Waals surface area contributed by atoms with Crippen LogP contribution in [0, 0.1) is 0 Å². The molecule has 1 heterocycles. The number of nitrogens with one attached hydrogen (secondary N) is 1. The molecule has 0 fully saturated rings. The fourth-order valence-electron chi connectivity index (χ4n) is 3.55. The molecule has 0 aliphatic heterocycles. The van der Waals surface area contributed by atoms with Crippen molar-refractivity contribution in [1.29, 1.82) is 0 Å². The predicted octanol–water partition coefficient (Wildman–Crippen LogP) is 4.99. The van der Waals surface area contributed by atoms with Gasteiger partial charge in [0, 0.05) is 21.8 Å². The minimum Gasteiger partial charge on any atom is -0.321 e. The van der Waals surface area contributed by atoms with Crippen molar-refractivity contribution < 1.29 is 4.57 Å². The molecule has 4 rings (SSSR count). The molecule has 0 bridgehead atoms. The lowest BCUT2D eigenvalue weighted by atomic mass is 9.98. The van der Waals surface area contributed by atoms with Crippen molar-refractivity contribution in [1.82, 2.24) is 10.1 Å². The normalized spacial score (nSPS) is 13.5. The summed E-state index contributed by atoms with van der Waals surface area (Å²) in [6, 6.07) is 31.0. The van der Waals surface area contributed by atoms with E-state index >= 15 is 0 Å². The summed E-state index contributed by atoms with van der Waals surface area (Å²) in [5, 5.41) is 5.50. The first-order valence-corrected chi connectivity index (χ1v) is 12.1. The lowest BCUT2D eigenvalue weighted by Crippen LogP contribution is -2.36. The Morgan fingerprint density at radius 2 is 1.32 bits per heavy atom. The van der Waals surface area contributed by atoms with E-state index in [1.54, 1.807) is 6.20 Å². The third-order valence-corrected chi connectivity index (χ3v) is 8.12. The Balaban J connectivity index is 1.83. The Morgan fingerprint density at radius 1 is 0.774 bits per heavy atom. The Bertz CT molecular complexity index is 1110. The molecule has 0 amide bonds. The van der Waals surface area contributed by atoms with Gasteiger partial charge in [0.1, 0.15) is 0 Å². The van der Waals surface area contributed by atoms with E-state index in [0.717, 1.165) is 5.56 Å². The summed E-state index contributed by atoms with van der Waals surface area (Å²) >= 11 is 6.12. The largest absolute Gasteiger partial charge is 0.321 e. The zero-order valence-electron chi connectivity index (χ0n) is 16.8. The van der Waals surface area contributed by atoms with Gasteiger partial charge in [-0.05, 0) is 54.1 Å². The van der Waals surface area contributed by atoms with Crippen molar-refractivity contribution >= 4 is 29.5 Å². The predicted molar refractivity (Wildman–Crippen MR) is 128 cm³/mol. The highest BCUT2D eigenvalue weighted by Crippen LogP contribution is 2.44. The van der Waals surface area contributed by atoms with Gasteiger partial charge in [0.05, 0.1) is 17.8 Å². The number of hydrogen-bond donors (Lipinski definition) is 2. The van der Waals surface area contributed by atoms with Crippen LogP contribution in [0.1, 0.15) is 23.3 Å². The first-order valence-electron chi connectivity index (χ1n) is 9.99. The van der Waals surface area contributed by atoms with Gasteiger partial charge in [-0.3, -0.25) is 14.6 Å². The Labute approximate surface area is 187 Å². The summed E-state index contributed by atoms with van der Waals surface area (Å²) in [7, 11) is -3.22. The van der Waals surface area contributed by atoms with Gasteiger partial charge in [0.15, 0.2) is 0 Å². The lowest BCUT2D eigenvalue weighted by Gasteiger charge is -2.31. The third kappa shape index (κ3) is 4.79. The molecule has 0 radical (unpaired) electrons. The quantitative estimate of drug-likeness (QED) is 0.391. The van der Waals surface area contributed by atoms with Crippen LogP contribution in [-0.2, 0) is 4.57 Å². The molecule has 31 heavy (non-hydrogen) atoms. The highest BCUT2D eigenvalue weighted by atomic mass is 35.5. The van der Waals surface area contributed by atoms with Crippen molar-refractivity contribution in [3.05, 3.63) is 126 Å². The number of aromatic nitrogens is 1. The molecule has 0 spiro atoms. The number of rotatable bonds is 7. The molecule has 0 unspecified atom stereocenters. The van der Waals surface area contributed by atoms with Crippen molar-refractivity contribution in [2.75, 3.05) is 0 Å². The Hall–Kier alpha value is -2.75. The van der Waals surface area contributed by atoms with Crippen molar-refractivity contribution in [2.45, 2.75) is 12.1 Å². The van der Waals surface area contributed by atoms with E-state index in [0.29, 0.717) is 21.3 Å². The van der Waals surface area contributed by atoms with Gasteiger partial charge in [-0.25, -0.2) is 0 Å². The van der Waals surface area contributed by atoms with Crippen LogP contribution in [0.25, 0.3) is 0 Å².